The van der Waals surface area contributed by atoms with Crippen LogP contribution in [-0.4, -0.2) is 46.1 Å². The van der Waals surface area contributed by atoms with Gasteiger partial charge in [0.1, 0.15) is 0 Å². The van der Waals surface area contributed by atoms with E-state index < -0.39 is 18.2 Å². The van der Waals surface area contributed by atoms with Crippen molar-refractivity contribution < 1.29 is 20.1 Å². The van der Waals surface area contributed by atoms with Gasteiger partial charge in [-0.3, -0.25) is 4.79 Å². The second kappa shape index (κ2) is 22.3. The van der Waals surface area contributed by atoms with Gasteiger partial charge in [-0.2, -0.15) is 0 Å². The van der Waals surface area contributed by atoms with Crippen molar-refractivity contribution in [3.05, 3.63) is 12.2 Å². The van der Waals surface area contributed by atoms with Crippen molar-refractivity contribution in [1.82, 2.24) is 5.32 Å². The Hall–Kier alpha value is -0.910. The summed E-state index contributed by atoms with van der Waals surface area (Å²) >= 11 is 0. The van der Waals surface area contributed by atoms with E-state index in [0.717, 1.165) is 25.7 Å². The summed E-state index contributed by atoms with van der Waals surface area (Å²) in [5.74, 6) is -0.325. The van der Waals surface area contributed by atoms with Crippen molar-refractivity contribution >= 4 is 5.91 Å². The molecule has 0 rings (SSSR count). The summed E-state index contributed by atoms with van der Waals surface area (Å²) in [6.07, 6.45) is 20.3. The van der Waals surface area contributed by atoms with Gasteiger partial charge in [0.2, 0.25) is 5.91 Å². The molecule has 5 nitrogen and oxygen atoms in total. The number of carbonyl (C=O) groups is 1. The highest BCUT2D eigenvalue weighted by Crippen LogP contribution is 2.13. The third kappa shape index (κ3) is 19.5. The average molecular weight is 442 g/mol. The van der Waals surface area contributed by atoms with Crippen molar-refractivity contribution in [3.63, 3.8) is 0 Å². The molecular formula is C26H51NO4. The molecule has 0 aliphatic rings. The monoisotopic (exact) mass is 441 g/mol. The molecule has 0 fully saturated rings. The van der Waals surface area contributed by atoms with Gasteiger partial charge in [-0.15, -0.1) is 0 Å². The molecule has 3 unspecified atom stereocenters. The first kappa shape index (κ1) is 30.1. The van der Waals surface area contributed by atoms with E-state index in [1.54, 1.807) is 0 Å². The van der Waals surface area contributed by atoms with E-state index in [1.165, 1.54) is 64.2 Å². The zero-order valence-corrected chi connectivity index (χ0v) is 20.4. The number of unbranched alkanes of at least 4 members (excludes halogenated alkanes) is 12. The van der Waals surface area contributed by atoms with Crippen LogP contribution in [-0.2, 0) is 4.79 Å². The van der Waals surface area contributed by atoms with Crippen LogP contribution in [0.15, 0.2) is 12.2 Å². The Balaban J connectivity index is 3.89. The van der Waals surface area contributed by atoms with Gasteiger partial charge in [0.25, 0.3) is 0 Å². The van der Waals surface area contributed by atoms with Crippen LogP contribution in [0.2, 0.25) is 0 Å². The molecule has 4 N–H and O–H groups in total. The van der Waals surface area contributed by atoms with E-state index in [2.05, 4.69) is 25.2 Å². The minimum Gasteiger partial charge on any atom is -0.394 e. The summed E-state index contributed by atoms with van der Waals surface area (Å²) in [7, 11) is 0. The Kier molecular flexibility index (Phi) is 21.6. The highest BCUT2D eigenvalue weighted by molar-refractivity contribution is 5.76. The van der Waals surface area contributed by atoms with E-state index in [4.69, 9.17) is 0 Å². The van der Waals surface area contributed by atoms with Gasteiger partial charge in [-0.1, -0.05) is 103 Å². The molecule has 0 bridgehead atoms. The first-order chi connectivity index (χ1) is 15.0. The van der Waals surface area contributed by atoms with E-state index in [9.17, 15) is 20.1 Å². The first-order valence-electron chi connectivity index (χ1n) is 13.0. The van der Waals surface area contributed by atoms with Crippen LogP contribution in [0.4, 0.5) is 0 Å². The number of aliphatic hydroxyl groups excluding tert-OH is 3. The minimum atomic E-state index is -0.751. The maximum atomic E-state index is 12.1. The Morgan fingerprint density at radius 3 is 1.94 bits per heavy atom. The maximum absolute atomic E-state index is 12.1. The molecule has 1 amide bonds. The van der Waals surface area contributed by atoms with Gasteiger partial charge in [0.15, 0.2) is 0 Å². The predicted molar refractivity (Wildman–Crippen MR) is 130 cm³/mol. The Labute approximate surface area is 191 Å². The molecule has 5 heteroatoms. The fourth-order valence-corrected chi connectivity index (χ4v) is 3.75. The lowest BCUT2D eigenvalue weighted by Crippen LogP contribution is -2.46. The van der Waals surface area contributed by atoms with Crippen LogP contribution >= 0.6 is 0 Å². The summed E-state index contributed by atoms with van der Waals surface area (Å²) in [6.45, 7) is 4.12. The van der Waals surface area contributed by atoms with Gasteiger partial charge in [0, 0.05) is 0 Å². The summed E-state index contributed by atoms with van der Waals surface area (Å²) in [4.78, 5) is 12.1. The van der Waals surface area contributed by atoms with Crippen molar-refractivity contribution in [2.75, 3.05) is 6.61 Å². The standard InChI is InChI=1S/C26H51NO4/c1-3-5-7-9-11-12-14-16-18-20-25(30)24(22-28)27-26(31)21-23(29)19-17-15-13-10-8-6-4-2/h15,17,23-25,28-30H,3-14,16,18-22H2,1-2H3,(H,27,31)/b17-15-. The summed E-state index contributed by atoms with van der Waals surface area (Å²) in [5, 5.41) is 32.6. The lowest BCUT2D eigenvalue weighted by Gasteiger charge is -2.23. The molecule has 3 atom stereocenters. The number of rotatable bonds is 22. The molecule has 0 saturated heterocycles. The Bertz CT molecular complexity index is 428. The topological polar surface area (TPSA) is 89.8 Å². The number of allylic oxidation sites excluding steroid dienone is 1. The van der Waals surface area contributed by atoms with Gasteiger partial charge >= 0.3 is 0 Å². The molecule has 0 radical (unpaired) electrons. The Morgan fingerprint density at radius 1 is 0.806 bits per heavy atom. The van der Waals surface area contributed by atoms with Crippen LogP contribution in [0, 0.1) is 0 Å². The molecule has 0 aromatic heterocycles. The molecule has 31 heavy (non-hydrogen) atoms. The van der Waals surface area contributed by atoms with Crippen molar-refractivity contribution in [2.24, 2.45) is 0 Å². The molecular weight excluding hydrogens is 390 g/mol. The van der Waals surface area contributed by atoms with Crippen LogP contribution in [0.1, 0.15) is 123 Å². The molecule has 184 valence electrons. The SMILES string of the molecule is CCCCCC/C=C\CC(O)CC(=O)NC(CO)C(O)CCCCCCCCCCC. The van der Waals surface area contributed by atoms with E-state index >= 15 is 0 Å². The third-order valence-electron chi connectivity index (χ3n) is 5.83. The zero-order chi connectivity index (χ0) is 23.2. The first-order valence-corrected chi connectivity index (χ1v) is 13.0. The van der Waals surface area contributed by atoms with Gasteiger partial charge in [-0.25, -0.2) is 0 Å². The fraction of sp³-hybridized carbons (Fsp3) is 0.885. The number of amides is 1. The lowest BCUT2D eigenvalue weighted by atomic mass is 10.0. The maximum Gasteiger partial charge on any atom is 0.222 e. The largest absolute Gasteiger partial charge is 0.394 e. The molecule has 0 aliphatic heterocycles. The predicted octanol–water partition coefficient (Wildman–Crippen LogP) is 5.41. The molecule has 0 aromatic carbocycles. The van der Waals surface area contributed by atoms with E-state index in [0.29, 0.717) is 12.8 Å². The molecule has 0 aromatic rings. The highest BCUT2D eigenvalue weighted by Gasteiger charge is 2.21. The number of carbonyl (C=O) groups excluding carboxylic acids is 1. The zero-order valence-electron chi connectivity index (χ0n) is 20.4. The van der Waals surface area contributed by atoms with Gasteiger partial charge in [-0.05, 0) is 25.7 Å². The van der Waals surface area contributed by atoms with Crippen LogP contribution in [0.25, 0.3) is 0 Å². The second-order valence-electron chi connectivity index (χ2n) is 8.96. The average Bonchev–Trinajstić information content (AvgIpc) is 2.75. The Morgan fingerprint density at radius 2 is 1.35 bits per heavy atom. The molecule has 0 heterocycles. The lowest BCUT2D eigenvalue weighted by molar-refractivity contribution is -0.125. The van der Waals surface area contributed by atoms with Crippen molar-refractivity contribution in [2.45, 2.75) is 141 Å². The summed E-state index contributed by atoms with van der Waals surface area (Å²) in [6, 6.07) is -0.664. The van der Waals surface area contributed by atoms with Gasteiger partial charge < -0.3 is 20.6 Å². The normalized spacial score (nSPS) is 14.6. The van der Waals surface area contributed by atoms with Crippen molar-refractivity contribution in [3.8, 4) is 0 Å². The molecule has 0 spiro atoms. The number of hydrogen-bond acceptors (Lipinski definition) is 4. The molecule has 0 aliphatic carbocycles. The smallest absolute Gasteiger partial charge is 0.222 e. The van der Waals surface area contributed by atoms with Gasteiger partial charge in [0.05, 0.1) is 31.3 Å². The number of aliphatic hydroxyl groups is 3. The van der Waals surface area contributed by atoms with Crippen LogP contribution < -0.4 is 5.32 Å². The molecule has 0 saturated carbocycles. The quantitative estimate of drug-likeness (QED) is 0.133. The summed E-state index contributed by atoms with van der Waals surface area (Å²) < 4.78 is 0. The fourth-order valence-electron chi connectivity index (χ4n) is 3.75. The minimum absolute atomic E-state index is 0.0125. The van der Waals surface area contributed by atoms with E-state index in [-0.39, 0.29) is 18.9 Å². The summed E-state index contributed by atoms with van der Waals surface area (Å²) in [5.41, 5.74) is 0. The van der Waals surface area contributed by atoms with Crippen LogP contribution in [0.3, 0.4) is 0 Å². The third-order valence-corrected chi connectivity index (χ3v) is 5.83. The second-order valence-corrected chi connectivity index (χ2v) is 8.96. The van der Waals surface area contributed by atoms with E-state index in [1.807, 2.05) is 6.08 Å². The van der Waals surface area contributed by atoms with Crippen molar-refractivity contribution in [1.29, 1.82) is 0 Å². The van der Waals surface area contributed by atoms with Crippen LogP contribution in [0.5, 0.6) is 0 Å². The number of hydrogen-bond donors (Lipinski definition) is 4. The highest BCUT2D eigenvalue weighted by atomic mass is 16.3. The number of nitrogens with one attached hydrogen (secondary N) is 1.